The number of aliphatic hydroxyl groups is 1. The van der Waals surface area contributed by atoms with Crippen molar-refractivity contribution in [3.8, 4) is 0 Å². The van der Waals surface area contributed by atoms with Gasteiger partial charge in [-0.05, 0) is 33.7 Å². The van der Waals surface area contributed by atoms with Crippen LogP contribution in [0.15, 0.2) is 0 Å². The van der Waals surface area contributed by atoms with Crippen LogP contribution in [0.5, 0.6) is 0 Å². The second-order valence-corrected chi connectivity index (χ2v) is 5.15. The van der Waals surface area contributed by atoms with Crippen LogP contribution in [0.1, 0.15) is 33.6 Å². The summed E-state index contributed by atoms with van der Waals surface area (Å²) in [6.45, 7) is 10.1. The molecule has 0 aliphatic carbocycles. The lowest BCUT2D eigenvalue weighted by molar-refractivity contribution is -0.131. The van der Waals surface area contributed by atoms with Gasteiger partial charge >= 0.3 is 0 Å². The zero-order valence-corrected chi connectivity index (χ0v) is 12.5. The van der Waals surface area contributed by atoms with Crippen LogP contribution < -0.4 is 0 Å². The van der Waals surface area contributed by atoms with E-state index in [9.17, 15) is 4.79 Å². The lowest BCUT2D eigenvalue weighted by atomic mass is 10.1. The summed E-state index contributed by atoms with van der Waals surface area (Å²) in [6, 6.07) is 0.367. The molecule has 0 saturated carbocycles. The molecule has 0 radical (unpaired) electrons. The molecule has 19 heavy (non-hydrogen) atoms. The molecule has 0 spiro atoms. The van der Waals surface area contributed by atoms with Crippen LogP contribution >= 0.6 is 0 Å². The fraction of sp³-hybridized carbons (Fsp3) is 0.929. The number of carbonyl (C=O) groups excluding carboxylic acids is 1. The fourth-order valence-electron chi connectivity index (χ4n) is 2.46. The minimum atomic E-state index is -0.0744. The molecule has 1 amide bonds. The Hall–Kier alpha value is -0.650. The van der Waals surface area contributed by atoms with Gasteiger partial charge in [-0.15, -0.1) is 0 Å². The van der Waals surface area contributed by atoms with Crippen LogP contribution in [0.2, 0.25) is 0 Å². The highest BCUT2D eigenvalue weighted by atomic mass is 16.5. The molecule has 0 aromatic carbocycles. The molecule has 2 atom stereocenters. The molecule has 1 saturated heterocycles. The summed E-state index contributed by atoms with van der Waals surface area (Å²) in [7, 11) is 0. The number of aliphatic hydroxyl groups excluding tert-OH is 1. The highest BCUT2D eigenvalue weighted by Crippen LogP contribution is 2.12. The Labute approximate surface area is 116 Å². The molecule has 1 N–H and O–H groups in total. The van der Waals surface area contributed by atoms with Gasteiger partial charge < -0.3 is 14.7 Å². The van der Waals surface area contributed by atoms with Gasteiger partial charge in [-0.2, -0.15) is 0 Å². The van der Waals surface area contributed by atoms with Crippen molar-refractivity contribution in [1.82, 2.24) is 9.80 Å². The lowest BCUT2D eigenvalue weighted by Crippen LogP contribution is -2.49. The van der Waals surface area contributed by atoms with Gasteiger partial charge in [0.15, 0.2) is 0 Å². The molecule has 0 bridgehead atoms. The van der Waals surface area contributed by atoms with E-state index in [-0.39, 0.29) is 18.6 Å². The maximum Gasteiger partial charge on any atom is 0.222 e. The Balaban J connectivity index is 2.29. The average molecular weight is 272 g/mol. The molecule has 1 aliphatic heterocycles. The van der Waals surface area contributed by atoms with Gasteiger partial charge in [0.1, 0.15) is 0 Å². The summed E-state index contributed by atoms with van der Waals surface area (Å²) in [5.41, 5.74) is 0. The van der Waals surface area contributed by atoms with Gasteiger partial charge in [0.05, 0.1) is 19.3 Å². The lowest BCUT2D eigenvalue weighted by Gasteiger charge is -2.37. The van der Waals surface area contributed by atoms with Crippen LogP contribution in [-0.2, 0) is 9.53 Å². The van der Waals surface area contributed by atoms with Crippen molar-refractivity contribution < 1.29 is 14.6 Å². The molecular weight excluding hydrogens is 244 g/mol. The van der Waals surface area contributed by atoms with Crippen LogP contribution in [0.4, 0.5) is 0 Å². The molecule has 0 aromatic rings. The molecule has 112 valence electrons. The molecule has 0 aromatic heterocycles. The van der Waals surface area contributed by atoms with Crippen molar-refractivity contribution in [1.29, 1.82) is 0 Å². The predicted octanol–water partition coefficient (Wildman–Crippen LogP) is 0.717. The van der Waals surface area contributed by atoms with Crippen LogP contribution in [0.3, 0.4) is 0 Å². The minimum absolute atomic E-state index is 0.0710. The van der Waals surface area contributed by atoms with Crippen molar-refractivity contribution in [2.24, 2.45) is 0 Å². The summed E-state index contributed by atoms with van der Waals surface area (Å²) in [4.78, 5) is 16.1. The van der Waals surface area contributed by atoms with Crippen LogP contribution in [0, 0.1) is 0 Å². The second kappa shape index (κ2) is 8.51. The van der Waals surface area contributed by atoms with Crippen molar-refractivity contribution in [2.75, 3.05) is 39.4 Å². The van der Waals surface area contributed by atoms with Crippen molar-refractivity contribution in [3.63, 3.8) is 0 Å². The maximum atomic E-state index is 11.9. The van der Waals surface area contributed by atoms with Gasteiger partial charge in [-0.3, -0.25) is 9.69 Å². The predicted molar refractivity (Wildman–Crippen MR) is 75.0 cm³/mol. The molecular formula is C14H28N2O3. The summed E-state index contributed by atoms with van der Waals surface area (Å²) < 4.78 is 5.50. The van der Waals surface area contributed by atoms with Crippen molar-refractivity contribution >= 4 is 5.91 Å². The summed E-state index contributed by atoms with van der Waals surface area (Å²) >= 11 is 0. The Morgan fingerprint density at radius 3 is 2.68 bits per heavy atom. The van der Waals surface area contributed by atoms with Gasteiger partial charge in [-0.25, -0.2) is 0 Å². The van der Waals surface area contributed by atoms with E-state index in [1.54, 1.807) is 0 Å². The first-order valence-electron chi connectivity index (χ1n) is 7.36. The van der Waals surface area contributed by atoms with Gasteiger partial charge in [0.2, 0.25) is 5.91 Å². The van der Waals surface area contributed by atoms with E-state index in [1.165, 1.54) is 0 Å². The Kier molecular flexibility index (Phi) is 7.34. The first-order chi connectivity index (χ1) is 9.12. The number of morpholine rings is 1. The molecule has 1 fully saturated rings. The van der Waals surface area contributed by atoms with Gasteiger partial charge in [0, 0.05) is 32.1 Å². The largest absolute Gasteiger partial charge is 0.394 e. The SMILES string of the molecule is CCN(CC)C(=O)CCCN1CC(CO)OCC1C. The number of rotatable bonds is 7. The topological polar surface area (TPSA) is 53.0 Å². The standard InChI is InChI=1S/C14H28N2O3/c1-4-15(5-2)14(18)7-6-8-16-9-13(10-17)19-11-12(16)3/h12-13,17H,4-11H2,1-3H3. The minimum Gasteiger partial charge on any atom is -0.394 e. The molecule has 1 heterocycles. The number of carbonyl (C=O) groups is 1. The third-order valence-electron chi connectivity index (χ3n) is 3.79. The first kappa shape index (κ1) is 16.4. The summed E-state index contributed by atoms with van der Waals surface area (Å²) in [5.74, 6) is 0.240. The number of hydrogen-bond donors (Lipinski definition) is 1. The van der Waals surface area contributed by atoms with Crippen LogP contribution in [-0.4, -0.2) is 72.4 Å². The van der Waals surface area contributed by atoms with Gasteiger partial charge in [0.25, 0.3) is 0 Å². The monoisotopic (exact) mass is 272 g/mol. The fourth-order valence-corrected chi connectivity index (χ4v) is 2.46. The molecule has 1 aliphatic rings. The third kappa shape index (κ3) is 5.09. The van der Waals surface area contributed by atoms with E-state index in [1.807, 2.05) is 18.7 Å². The normalized spacial score (nSPS) is 24.4. The molecule has 5 nitrogen and oxygen atoms in total. The quantitative estimate of drug-likeness (QED) is 0.742. The third-order valence-corrected chi connectivity index (χ3v) is 3.79. The second-order valence-electron chi connectivity index (χ2n) is 5.15. The van der Waals surface area contributed by atoms with E-state index in [0.29, 0.717) is 19.1 Å². The number of amides is 1. The van der Waals surface area contributed by atoms with Crippen molar-refractivity contribution in [3.05, 3.63) is 0 Å². The van der Waals surface area contributed by atoms with Crippen LogP contribution in [0.25, 0.3) is 0 Å². The number of ether oxygens (including phenoxy) is 1. The molecule has 1 rings (SSSR count). The van der Waals surface area contributed by atoms with E-state index < -0.39 is 0 Å². The summed E-state index contributed by atoms with van der Waals surface area (Å²) in [6.07, 6.45) is 1.41. The number of hydrogen-bond acceptors (Lipinski definition) is 4. The highest BCUT2D eigenvalue weighted by Gasteiger charge is 2.25. The van der Waals surface area contributed by atoms with E-state index in [4.69, 9.17) is 9.84 Å². The Morgan fingerprint density at radius 1 is 1.42 bits per heavy atom. The maximum absolute atomic E-state index is 11.9. The smallest absolute Gasteiger partial charge is 0.222 e. The highest BCUT2D eigenvalue weighted by molar-refractivity contribution is 5.76. The number of nitrogens with zero attached hydrogens (tertiary/aromatic N) is 2. The first-order valence-corrected chi connectivity index (χ1v) is 7.36. The van der Waals surface area contributed by atoms with E-state index in [0.717, 1.165) is 32.6 Å². The molecule has 5 heteroatoms. The van der Waals surface area contributed by atoms with Crippen molar-refractivity contribution in [2.45, 2.75) is 45.8 Å². The zero-order valence-electron chi connectivity index (χ0n) is 12.5. The molecule has 2 unspecified atom stereocenters. The Morgan fingerprint density at radius 2 is 2.11 bits per heavy atom. The van der Waals surface area contributed by atoms with E-state index in [2.05, 4.69) is 11.8 Å². The zero-order chi connectivity index (χ0) is 14.3. The Bertz CT molecular complexity index is 269. The van der Waals surface area contributed by atoms with E-state index >= 15 is 0 Å². The summed E-state index contributed by atoms with van der Waals surface area (Å²) in [5, 5.41) is 9.13. The van der Waals surface area contributed by atoms with Gasteiger partial charge in [-0.1, -0.05) is 0 Å². The average Bonchev–Trinajstić information content (AvgIpc) is 2.42.